The second-order valence-corrected chi connectivity index (χ2v) is 5.72. The van der Waals surface area contributed by atoms with Crippen molar-refractivity contribution in [1.82, 2.24) is 0 Å². The molecule has 1 fully saturated rings. The molecule has 0 bridgehead atoms. The van der Waals surface area contributed by atoms with Gasteiger partial charge >= 0.3 is 5.97 Å². The predicted octanol–water partition coefficient (Wildman–Crippen LogP) is 3.57. The molecule has 2 rings (SSSR count). The van der Waals surface area contributed by atoms with E-state index in [1.54, 1.807) is 0 Å². The smallest absolute Gasteiger partial charge is 0.303 e. The Morgan fingerprint density at radius 2 is 2.05 bits per heavy atom. The van der Waals surface area contributed by atoms with Crippen LogP contribution in [0.3, 0.4) is 0 Å². The molecule has 1 aromatic carbocycles. The van der Waals surface area contributed by atoms with Gasteiger partial charge in [0.2, 0.25) is 0 Å². The van der Waals surface area contributed by atoms with Crippen molar-refractivity contribution in [3.63, 3.8) is 0 Å². The highest BCUT2D eigenvalue weighted by Gasteiger charge is 2.38. The van der Waals surface area contributed by atoms with E-state index in [1.165, 1.54) is 20.3 Å². The lowest BCUT2D eigenvalue weighted by Crippen LogP contribution is -2.11. The van der Waals surface area contributed by atoms with Gasteiger partial charge in [-0.1, -0.05) is 15.9 Å². The van der Waals surface area contributed by atoms with E-state index in [0.717, 1.165) is 12.8 Å². The maximum atomic E-state index is 13.9. The number of carboxylic acid groups (broad SMARTS) is 1. The number of ether oxygens (including phenoxy) is 2. The van der Waals surface area contributed by atoms with Gasteiger partial charge in [-0.25, -0.2) is 4.39 Å². The van der Waals surface area contributed by atoms with Crippen LogP contribution in [0.2, 0.25) is 0 Å². The molecule has 110 valence electrons. The van der Waals surface area contributed by atoms with Gasteiger partial charge in [-0.3, -0.25) is 4.79 Å². The number of carbonyl (C=O) groups is 1. The Kier molecular flexibility index (Phi) is 4.52. The van der Waals surface area contributed by atoms with Crippen molar-refractivity contribution in [3.05, 3.63) is 21.9 Å². The third-order valence-electron chi connectivity index (χ3n) is 3.54. The number of rotatable bonds is 6. The summed E-state index contributed by atoms with van der Waals surface area (Å²) in [4.78, 5) is 11.1. The van der Waals surface area contributed by atoms with Gasteiger partial charge in [-0.2, -0.15) is 0 Å². The van der Waals surface area contributed by atoms with E-state index in [-0.39, 0.29) is 23.8 Å². The normalized spacial score (nSPS) is 15.8. The fourth-order valence-corrected chi connectivity index (χ4v) is 3.20. The molecule has 1 aliphatic rings. The maximum absolute atomic E-state index is 13.9. The molecule has 0 radical (unpaired) electrons. The predicted molar refractivity (Wildman–Crippen MR) is 74.9 cm³/mol. The average molecular weight is 347 g/mol. The molecule has 4 nitrogen and oxygen atoms in total. The van der Waals surface area contributed by atoms with Crippen LogP contribution in [0.4, 0.5) is 4.39 Å². The van der Waals surface area contributed by atoms with E-state index < -0.39 is 11.8 Å². The zero-order valence-electron chi connectivity index (χ0n) is 11.3. The third-order valence-corrected chi connectivity index (χ3v) is 4.20. The molecule has 0 heterocycles. The van der Waals surface area contributed by atoms with Crippen molar-refractivity contribution in [1.29, 1.82) is 0 Å². The quantitative estimate of drug-likeness (QED) is 0.855. The number of benzene rings is 1. The van der Waals surface area contributed by atoms with Crippen LogP contribution < -0.4 is 9.47 Å². The topological polar surface area (TPSA) is 55.8 Å². The highest BCUT2D eigenvalue weighted by Crippen LogP contribution is 2.51. The molecular weight excluding hydrogens is 331 g/mol. The molecule has 0 spiro atoms. The minimum atomic E-state index is -0.876. The largest absolute Gasteiger partial charge is 0.492 e. The maximum Gasteiger partial charge on any atom is 0.303 e. The van der Waals surface area contributed by atoms with Gasteiger partial charge < -0.3 is 14.6 Å². The van der Waals surface area contributed by atoms with Crippen LogP contribution in [0.15, 0.2) is 10.5 Å². The van der Waals surface area contributed by atoms with Gasteiger partial charge in [-0.15, -0.1) is 0 Å². The Balaban J connectivity index is 2.55. The van der Waals surface area contributed by atoms with Crippen LogP contribution in [0.1, 0.15) is 30.7 Å². The number of halogens is 2. The summed E-state index contributed by atoms with van der Waals surface area (Å²) in [7, 11) is 2.79. The summed E-state index contributed by atoms with van der Waals surface area (Å²) in [6.45, 7) is 0. The minimum Gasteiger partial charge on any atom is -0.492 e. The number of aliphatic carboxylic acids is 1. The van der Waals surface area contributed by atoms with Crippen molar-refractivity contribution in [2.45, 2.75) is 25.2 Å². The number of methoxy groups -OCH3 is 2. The van der Waals surface area contributed by atoms with E-state index in [2.05, 4.69) is 15.9 Å². The van der Waals surface area contributed by atoms with Gasteiger partial charge in [0.25, 0.3) is 0 Å². The Morgan fingerprint density at radius 3 is 2.50 bits per heavy atom. The molecule has 0 aromatic heterocycles. The van der Waals surface area contributed by atoms with Crippen molar-refractivity contribution in [2.75, 3.05) is 14.2 Å². The summed E-state index contributed by atoms with van der Waals surface area (Å²) < 4.78 is 24.7. The Labute approximate surface area is 125 Å². The lowest BCUT2D eigenvalue weighted by Gasteiger charge is -2.21. The van der Waals surface area contributed by atoms with E-state index in [1.807, 2.05) is 0 Å². The zero-order chi connectivity index (χ0) is 14.9. The van der Waals surface area contributed by atoms with Gasteiger partial charge in [0, 0.05) is 16.0 Å². The summed E-state index contributed by atoms with van der Waals surface area (Å²) in [6, 6.07) is 1.30. The van der Waals surface area contributed by atoms with Gasteiger partial charge in [-0.05, 0) is 24.8 Å². The molecule has 1 atom stereocenters. The van der Waals surface area contributed by atoms with Crippen LogP contribution in [0, 0.1) is 11.7 Å². The molecular formula is C14H16BrFO4. The summed E-state index contributed by atoms with van der Waals surface area (Å²) in [5, 5.41) is 9.10. The fraction of sp³-hybridized carbons (Fsp3) is 0.500. The Morgan fingerprint density at radius 1 is 1.45 bits per heavy atom. The molecule has 0 amide bonds. The van der Waals surface area contributed by atoms with Crippen LogP contribution in [0.25, 0.3) is 0 Å². The van der Waals surface area contributed by atoms with Crippen LogP contribution >= 0.6 is 15.9 Å². The lowest BCUT2D eigenvalue weighted by atomic mass is 9.90. The van der Waals surface area contributed by atoms with Crippen LogP contribution in [-0.2, 0) is 4.79 Å². The van der Waals surface area contributed by atoms with Crippen LogP contribution in [-0.4, -0.2) is 25.3 Å². The summed E-state index contributed by atoms with van der Waals surface area (Å²) in [5.74, 6) is -1.03. The Hall–Kier alpha value is -1.30. The van der Waals surface area contributed by atoms with E-state index in [4.69, 9.17) is 14.6 Å². The average Bonchev–Trinajstić information content (AvgIpc) is 3.19. The molecule has 6 heteroatoms. The van der Waals surface area contributed by atoms with Crippen molar-refractivity contribution in [2.24, 2.45) is 5.92 Å². The first kappa shape index (κ1) is 15.1. The van der Waals surface area contributed by atoms with Crippen molar-refractivity contribution in [3.8, 4) is 11.5 Å². The highest BCUT2D eigenvalue weighted by molar-refractivity contribution is 9.10. The SMILES string of the molecule is COc1c(F)cc(Br)c(C(CC(=O)O)C2CC2)c1OC. The van der Waals surface area contributed by atoms with Gasteiger partial charge in [0.1, 0.15) is 0 Å². The van der Waals surface area contributed by atoms with E-state index >= 15 is 0 Å². The first-order valence-corrected chi connectivity index (χ1v) is 7.10. The Bertz CT molecular complexity index is 528. The molecule has 1 unspecified atom stereocenters. The van der Waals surface area contributed by atoms with Gasteiger partial charge in [0.05, 0.1) is 20.6 Å². The van der Waals surface area contributed by atoms with Crippen LogP contribution in [0.5, 0.6) is 11.5 Å². The molecule has 0 aliphatic heterocycles. The van der Waals surface area contributed by atoms with E-state index in [0.29, 0.717) is 16.0 Å². The standard InChI is InChI=1S/C14H16BrFO4/c1-19-13-10(16)6-9(15)12(14(13)20-2)8(5-11(17)18)7-3-4-7/h6-8H,3-5H2,1-2H3,(H,17,18). The lowest BCUT2D eigenvalue weighted by molar-refractivity contribution is -0.137. The first-order chi connectivity index (χ1) is 9.49. The third kappa shape index (κ3) is 2.90. The van der Waals surface area contributed by atoms with Crippen molar-refractivity contribution >= 4 is 21.9 Å². The van der Waals surface area contributed by atoms with Crippen molar-refractivity contribution < 1.29 is 23.8 Å². The summed E-state index contributed by atoms with van der Waals surface area (Å²) in [5.41, 5.74) is 0.677. The monoisotopic (exact) mass is 346 g/mol. The fourth-order valence-electron chi connectivity index (χ4n) is 2.52. The molecule has 1 aromatic rings. The van der Waals surface area contributed by atoms with Gasteiger partial charge in [0.15, 0.2) is 17.3 Å². The van der Waals surface area contributed by atoms with E-state index in [9.17, 15) is 9.18 Å². The summed E-state index contributed by atoms with van der Waals surface area (Å²) >= 11 is 3.32. The first-order valence-electron chi connectivity index (χ1n) is 6.31. The highest BCUT2D eigenvalue weighted by atomic mass is 79.9. The minimum absolute atomic E-state index is 0.00554. The molecule has 1 N–H and O–H groups in total. The number of hydrogen-bond donors (Lipinski definition) is 1. The zero-order valence-corrected chi connectivity index (χ0v) is 12.9. The number of carboxylic acids is 1. The molecule has 20 heavy (non-hydrogen) atoms. The summed E-state index contributed by atoms with van der Waals surface area (Å²) in [6.07, 6.45) is 1.95. The molecule has 1 aliphatic carbocycles. The second-order valence-electron chi connectivity index (χ2n) is 4.86. The molecule has 0 saturated heterocycles. The molecule has 1 saturated carbocycles. The number of hydrogen-bond acceptors (Lipinski definition) is 3. The second kappa shape index (κ2) is 5.99.